The second-order valence-corrected chi connectivity index (χ2v) is 6.68. The average Bonchev–Trinajstić information content (AvgIpc) is 2.29. The van der Waals surface area contributed by atoms with Crippen molar-refractivity contribution in [3.05, 3.63) is 33.3 Å². The third kappa shape index (κ3) is 3.19. The van der Waals surface area contributed by atoms with Gasteiger partial charge in [-0.2, -0.15) is 0 Å². The number of halogens is 3. The van der Waals surface area contributed by atoms with Crippen molar-refractivity contribution >= 4 is 45.0 Å². The highest BCUT2D eigenvalue weighted by molar-refractivity contribution is 9.10. The number of alkyl halides is 1. The summed E-state index contributed by atoms with van der Waals surface area (Å²) in [7, 11) is 1.81. The van der Waals surface area contributed by atoms with Crippen molar-refractivity contribution in [1.82, 2.24) is 4.90 Å². The van der Waals surface area contributed by atoms with Crippen LogP contribution in [0.15, 0.2) is 22.7 Å². The normalized spacial score (nSPS) is 22.4. The molecule has 0 heterocycles. The van der Waals surface area contributed by atoms with E-state index in [4.69, 9.17) is 23.2 Å². The fourth-order valence-electron chi connectivity index (χ4n) is 2.14. The van der Waals surface area contributed by atoms with Gasteiger partial charge < -0.3 is 4.90 Å². The van der Waals surface area contributed by atoms with Crippen LogP contribution >= 0.6 is 39.1 Å². The summed E-state index contributed by atoms with van der Waals surface area (Å²) >= 11 is 15.3. The minimum Gasteiger partial charge on any atom is -0.341 e. The molecule has 2 nitrogen and oxygen atoms in total. The standard InChI is InChI=1S/C13H14BrCl2NO/c1-17(7-8-4-10(15)5-8)13(18)11-6-9(14)2-3-12(11)16/h2-3,6,8,10H,4-5,7H2,1H3. The van der Waals surface area contributed by atoms with Gasteiger partial charge in [0.2, 0.25) is 0 Å². The number of carbonyl (C=O) groups is 1. The van der Waals surface area contributed by atoms with Crippen molar-refractivity contribution in [2.75, 3.05) is 13.6 Å². The summed E-state index contributed by atoms with van der Waals surface area (Å²) in [5.74, 6) is 0.478. The van der Waals surface area contributed by atoms with E-state index in [2.05, 4.69) is 15.9 Å². The van der Waals surface area contributed by atoms with Gasteiger partial charge in [-0.3, -0.25) is 4.79 Å². The number of hydrogen-bond donors (Lipinski definition) is 0. The highest BCUT2D eigenvalue weighted by Crippen LogP contribution is 2.32. The molecule has 2 rings (SSSR count). The maximum absolute atomic E-state index is 12.3. The molecule has 1 amide bonds. The first-order valence-electron chi connectivity index (χ1n) is 5.82. The van der Waals surface area contributed by atoms with Crippen molar-refractivity contribution < 1.29 is 4.79 Å². The Kier molecular flexibility index (Phi) is 4.57. The monoisotopic (exact) mass is 349 g/mol. The number of nitrogens with zero attached hydrogens (tertiary/aromatic N) is 1. The topological polar surface area (TPSA) is 20.3 Å². The molecule has 0 aliphatic heterocycles. The minimum absolute atomic E-state index is 0.0423. The van der Waals surface area contributed by atoms with E-state index in [9.17, 15) is 4.79 Å². The first-order chi connectivity index (χ1) is 8.47. The van der Waals surface area contributed by atoms with Gasteiger partial charge in [-0.05, 0) is 37.0 Å². The molecule has 1 aliphatic rings. The van der Waals surface area contributed by atoms with E-state index in [1.807, 2.05) is 6.07 Å². The van der Waals surface area contributed by atoms with Crippen LogP contribution in [0.25, 0.3) is 0 Å². The smallest absolute Gasteiger partial charge is 0.255 e. The fourth-order valence-corrected chi connectivity index (χ4v) is 3.20. The van der Waals surface area contributed by atoms with E-state index in [0.717, 1.165) is 23.9 Å². The van der Waals surface area contributed by atoms with Gasteiger partial charge in [0, 0.05) is 23.4 Å². The fraction of sp³-hybridized carbons (Fsp3) is 0.462. The maximum atomic E-state index is 12.3. The van der Waals surface area contributed by atoms with Gasteiger partial charge in [0.25, 0.3) is 5.91 Å². The molecule has 1 saturated carbocycles. The Morgan fingerprint density at radius 1 is 1.50 bits per heavy atom. The molecule has 18 heavy (non-hydrogen) atoms. The zero-order valence-electron chi connectivity index (χ0n) is 10.00. The lowest BCUT2D eigenvalue weighted by Gasteiger charge is -2.34. The number of hydrogen-bond acceptors (Lipinski definition) is 1. The van der Waals surface area contributed by atoms with Gasteiger partial charge in [0.15, 0.2) is 0 Å². The van der Waals surface area contributed by atoms with Gasteiger partial charge in [-0.25, -0.2) is 0 Å². The third-order valence-electron chi connectivity index (χ3n) is 3.22. The predicted octanol–water partition coefficient (Wildman–Crippen LogP) is 4.19. The molecule has 0 radical (unpaired) electrons. The molecular weight excluding hydrogens is 337 g/mol. The number of amides is 1. The third-order valence-corrected chi connectivity index (χ3v) is 4.39. The van der Waals surface area contributed by atoms with Crippen LogP contribution in [0.4, 0.5) is 0 Å². The van der Waals surface area contributed by atoms with E-state index >= 15 is 0 Å². The predicted molar refractivity (Wildman–Crippen MR) is 78.5 cm³/mol. The van der Waals surface area contributed by atoms with E-state index in [-0.39, 0.29) is 11.3 Å². The summed E-state index contributed by atoms with van der Waals surface area (Å²) in [5, 5.41) is 0.770. The molecule has 0 spiro atoms. The van der Waals surface area contributed by atoms with E-state index in [1.54, 1.807) is 24.1 Å². The molecule has 1 aromatic rings. The van der Waals surface area contributed by atoms with Crippen LogP contribution in [0.5, 0.6) is 0 Å². The molecule has 5 heteroatoms. The zero-order valence-corrected chi connectivity index (χ0v) is 13.1. The molecule has 0 aromatic heterocycles. The Morgan fingerprint density at radius 3 is 2.78 bits per heavy atom. The lowest BCUT2D eigenvalue weighted by Crippen LogP contribution is -2.38. The summed E-state index contributed by atoms with van der Waals surface area (Å²) in [6.07, 6.45) is 1.98. The summed E-state index contributed by atoms with van der Waals surface area (Å²) in [4.78, 5) is 14.0. The van der Waals surface area contributed by atoms with Crippen LogP contribution in [0.1, 0.15) is 23.2 Å². The van der Waals surface area contributed by atoms with Gasteiger partial charge in [0.05, 0.1) is 10.6 Å². The lowest BCUT2D eigenvalue weighted by molar-refractivity contribution is 0.0747. The van der Waals surface area contributed by atoms with Gasteiger partial charge in [-0.1, -0.05) is 27.5 Å². The first kappa shape index (κ1) is 14.2. The highest BCUT2D eigenvalue weighted by Gasteiger charge is 2.29. The van der Waals surface area contributed by atoms with Crippen molar-refractivity contribution in [2.45, 2.75) is 18.2 Å². The van der Waals surface area contributed by atoms with Crippen LogP contribution in [0.2, 0.25) is 5.02 Å². The quantitative estimate of drug-likeness (QED) is 0.748. The SMILES string of the molecule is CN(CC1CC(Cl)C1)C(=O)c1cc(Br)ccc1Cl. The second-order valence-electron chi connectivity index (χ2n) is 4.74. The summed E-state index contributed by atoms with van der Waals surface area (Å²) in [6, 6.07) is 5.31. The van der Waals surface area contributed by atoms with E-state index < -0.39 is 0 Å². The average molecular weight is 351 g/mol. The van der Waals surface area contributed by atoms with Gasteiger partial charge in [0.1, 0.15) is 0 Å². The molecule has 1 aromatic carbocycles. The molecule has 98 valence electrons. The molecule has 0 saturated heterocycles. The zero-order chi connectivity index (χ0) is 13.3. The van der Waals surface area contributed by atoms with E-state index in [1.165, 1.54) is 0 Å². The number of benzene rings is 1. The molecule has 0 N–H and O–H groups in total. The molecular formula is C13H14BrCl2NO. The summed E-state index contributed by atoms with van der Waals surface area (Å²) in [6.45, 7) is 0.741. The minimum atomic E-state index is -0.0423. The van der Waals surface area contributed by atoms with Crippen molar-refractivity contribution in [3.63, 3.8) is 0 Å². The van der Waals surface area contributed by atoms with Crippen LogP contribution in [0, 0.1) is 5.92 Å². The Bertz CT molecular complexity index is 460. The molecule has 0 bridgehead atoms. The number of carbonyl (C=O) groups excluding carboxylic acids is 1. The van der Waals surface area contributed by atoms with Gasteiger partial charge >= 0.3 is 0 Å². The summed E-state index contributed by atoms with van der Waals surface area (Å²) in [5.41, 5.74) is 0.537. The molecule has 0 unspecified atom stereocenters. The highest BCUT2D eigenvalue weighted by atomic mass is 79.9. The maximum Gasteiger partial charge on any atom is 0.255 e. The summed E-state index contributed by atoms with van der Waals surface area (Å²) < 4.78 is 0.855. The second kappa shape index (κ2) is 5.81. The Morgan fingerprint density at radius 2 is 2.17 bits per heavy atom. The number of rotatable bonds is 3. The Hall–Kier alpha value is -0.250. The van der Waals surface area contributed by atoms with Crippen LogP contribution in [-0.2, 0) is 0 Å². The van der Waals surface area contributed by atoms with Crippen LogP contribution < -0.4 is 0 Å². The van der Waals surface area contributed by atoms with Crippen LogP contribution in [-0.4, -0.2) is 29.8 Å². The lowest BCUT2D eigenvalue weighted by atomic mass is 9.84. The first-order valence-corrected chi connectivity index (χ1v) is 7.42. The molecule has 1 fully saturated rings. The molecule has 0 atom stereocenters. The Labute approximate surface area is 125 Å². The van der Waals surface area contributed by atoms with Crippen molar-refractivity contribution in [1.29, 1.82) is 0 Å². The Balaban J connectivity index is 2.03. The molecule has 1 aliphatic carbocycles. The van der Waals surface area contributed by atoms with E-state index in [0.29, 0.717) is 16.5 Å². The van der Waals surface area contributed by atoms with Gasteiger partial charge in [-0.15, -0.1) is 11.6 Å². The largest absolute Gasteiger partial charge is 0.341 e. The van der Waals surface area contributed by atoms with Crippen molar-refractivity contribution in [2.24, 2.45) is 5.92 Å². The van der Waals surface area contributed by atoms with Crippen LogP contribution in [0.3, 0.4) is 0 Å². The van der Waals surface area contributed by atoms with Crippen molar-refractivity contribution in [3.8, 4) is 0 Å².